The maximum atomic E-state index is 12.5. The number of benzene rings is 1. The number of aryl methyl sites for hydroxylation is 3. The van der Waals surface area contributed by atoms with Gasteiger partial charge in [0.25, 0.3) is 5.91 Å². The van der Waals surface area contributed by atoms with E-state index in [-0.39, 0.29) is 11.9 Å². The number of hydrogen-bond donors (Lipinski definition) is 1. The van der Waals surface area contributed by atoms with Gasteiger partial charge in [-0.25, -0.2) is 4.98 Å². The van der Waals surface area contributed by atoms with E-state index >= 15 is 0 Å². The Morgan fingerprint density at radius 2 is 2.08 bits per heavy atom. The van der Waals surface area contributed by atoms with Crippen molar-refractivity contribution in [3.63, 3.8) is 0 Å². The molecule has 1 N–H and O–H groups in total. The van der Waals surface area contributed by atoms with E-state index in [9.17, 15) is 4.79 Å². The molecule has 6 heteroatoms. The van der Waals surface area contributed by atoms with Crippen LogP contribution in [0.25, 0.3) is 11.3 Å². The second kappa shape index (κ2) is 6.11. The number of nitrogens with zero attached hydrogens (tertiary/aromatic N) is 3. The SMILES string of the molecule is Cc1cc(C(=O)Nc2nc3c(s2)CCc2ccccc2-3)nn1C(C)C. The largest absolute Gasteiger partial charge is 0.296 e. The predicted molar refractivity (Wildman–Crippen MR) is 100 cm³/mol. The number of carbonyl (C=O) groups excluding carboxylic acids is 1. The van der Waals surface area contributed by atoms with Crippen LogP contribution in [0.3, 0.4) is 0 Å². The normalized spacial score (nSPS) is 12.8. The minimum atomic E-state index is -0.207. The molecule has 2 aromatic heterocycles. The minimum Gasteiger partial charge on any atom is -0.296 e. The van der Waals surface area contributed by atoms with Gasteiger partial charge in [0.05, 0.1) is 5.69 Å². The molecule has 1 aliphatic carbocycles. The molecule has 4 rings (SSSR count). The van der Waals surface area contributed by atoms with Gasteiger partial charge in [-0.2, -0.15) is 5.10 Å². The van der Waals surface area contributed by atoms with E-state index in [1.165, 1.54) is 16.0 Å². The van der Waals surface area contributed by atoms with Gasteiger partial charge in [-0.15, -0.1) is 11.3 Å². The maximum absolute atomic E-state index is 12.5. The van der Waals surface area contributed by atoms with E-state index in [1.807, 2.05) is 37.6 Å². The van der Waals surface area contributed by atoms with Crippen molar-refractivity contribution < 1.29 is 4.79 Å². The molecule has 1 amide bonds. The van der Waals surface area contributed by atoms with Crippen molar-refractivity contribution >= 4 is 22.4 Å². The lowest BCUT2D eigenvalue weighted by Gasteiger charge is -2.13. The third-order valence-electron chi connectivity index (χ3n) is 4.46. The monoisotopic (exact) mass is 352 g/mol. The molecule has 0 radical (unpaired) electrons. The first-order valence-electron chi connectivity index (χ1n) is 8.48. The average Bonchev–Trinajstić information content (AvgIpc) is 3.18. The predicted octanol–water partition coefficient (Wildman–Crippen LogP) is 4.25. The maximum Gasteiger partial charge on any atom is 0.277 e. The molecular formula is C19H20N4OS. The smallest absolute Gasteiger partial charge is 0.277 e. The van der Waals surface area contributed by atoms with Crippen LogP contribution >= 0.6 is 11.3 Å². The van der Waals surface area contributed by atoms with Gasteiger partial charge in [0.1, 0.15) is 0 Å². The van der Waals surface area contributed by atoms with Gasteiger partial charge in [0, 0.05) is 22.2 Å². The van der Waals surface area contributed by atoms with Crippen LogP contribution < -0.4 is 5.32 Å². The Balaban J connectivity index is 1.60. The number of amides is 1. The van der Waals surface area contributed by atoms with Crippen LogP contribution in [0.4, 0.5) is 5.13 Å². The first-order chi connectivity index (χ1) is 12.0. The van der Waals surface area contributed by atoms with Crippen LogP contribution in [0.1, 0.15) is 46.5 Å². The van der Waals surface area contributed by atoms with E-state index in [0.717, 1.165) is 24.2 Å². The number of aromatic nitrogens is 3. The van der Waals surface area contributed by atoms with Crippen LogP contribution in [0.5, 0.6) is 0 Å². The zero-order chi connectivity index (χ0) is 17.6. The number of carbonyl (C=O) groups is 1. The molecule has 5 nitrogen and oxygen atoms in total. The van der Waals surface area contributed by atoms with Crippen LogP contribution in [0.15, 0.2) is 30.3 Å². The molecule has 0 saturated heterocycles. The van der Waals surface area contributed by atoms with E-state index in [2.05, 4.69) is 33.6 Å². The van der Waals surface area contributed by atoms with Gasteiger partial charge in [-0.1, -0.05) is 24.3 Å². The molecule has 3 aromatic rings. The minimum absolute atomic E-state index is 0.207. The second-order valence-corrected chi connectivity index (χ2v) is 7.69. The summed E-state index contributed by atoms with van der Waals surface area (Å²) in [6.45, 7) is 6.06. The number of rotatable bonds is 3. The highest BCUT2D eigenvalue weighted by atomic mass is 32.1. The van der Waals surface area contributed by atoms with E-state index < -0.39 is 0 Å². The van der Waals surface area contributed by atoms with Crippen molar-refractivity contribution in [2.75, 3.05) is 5.32 Å². The first kappa shape index (κ1) is 16.0. The average molecular weight is 352 g/mol. The number of anilines is 1. The molecule has 25 heavy (non-hydrogen) atoms. The molecule has 0 saturated carbocycles. The Morgan fingerprint density at radius 3 is 2.84 bits per heavy atom. The molecule has 0 bridgehead atoms. The van der Waals surface area contributed by atoms with Crippen molar-refractivity contribution in [2.45, 2.75) is 39.7 Å². The Hall–Kier alpha value is -2.47. The summed E-state index contributed by atoms with van der Waals surface area (Å²) in [7, 11) is 0. The molecule has 2 heterocycles. The first-order valence-corrected chi connectivity index (χ1v) is 9.30. The van der Waals surface area contributed by atoms with Gasteiger partial charge >= 0.3 is 0 Å². The molecule has 1 aromatic carbocycles. The summed E-state index contributed by atoms with van der Waals surface area (Å²) < 4.78 is 1.86. The van der Waals surface area contributed by atoms with Gasteiger partial charge in [-0.05, 0) is 45.2 Å². The van der Waals surface area contributed by atoms with E-state index in [4.69, 9.17) is 0 Å². The third kappa shape index (κ3) is 2.87. The van der Waals surface area contributed by atoms with Gasteiger partial charge in [0.15, 0.2) is 10.8 Å². The summed E-state index contributed by atoms with van der Waals surface area (Å²) in [5, 5.41) is 7.97. The molecule has 0 unspecified atom stereocenters. The molecule has 1 aliphatic rings. The van der Waals surface area contributed by atoms with Gasteiger partial charge < -0.3 is 0 Å². The Kier molecular flexibility index (Phi) is 3.92. The van der Waals surface area contributed by atoms with Gasteiger partial charge in [-0.3, -0.25) is 14.8 Å². The lowest BCUT2D eigenvalue weighted by molar-refractivity contribution is 0.102. The fourth-order valence-electron chi connectivity index (χ4n) is 3.29. The number of nitrogens with one attached hydrogen (secondary N) is 1. The molecule has 0 aliphatic heterocycles. The standard InChI is InChI=1S/C19H20N4OS/c1-11(2)23-12(3)10-15(22-23)18(24)21-19-20-17-14-7-5-4-6-13(14)8-9-16(17)25-19/h4-7,10-11H,8-9H2,1-3H3,(H,20,21,24). The summed E-state index contributed by atoms with van der Waals surface area (Å²) >= 11 is 1.56. The molecule has 0 atom stereocenters. The fourth-order valence-corrected chi connectivity index (χ4v) is 4.26. The summed E-state index contributed by atoms with van der Waals surface area (Å²) in [5.74, 6) is -0.207. The lowest BCUT2D eigenvalue weighted by atomic mass is 9.94. The van der Waals surface area contributed by atoms with Crippen LogP contribution in [0.2, 0.25) is 0 Å². The third-order valence-corrected chi connectivity index (χ3v) is 5.49. The number of thiazole rings is 1. The fraction of sp³-hybridized carbons (Fsp3) is 0.316. The van der Waals surface area contributed by atoms with Crippen molar-refractivity contribution in [2.24, 2.45) is 0 Å². The zero-order valence-corrected chi connectivity index (χ0v) is 15.4. The molecular weight excluding hydrogens is 332 g/mol. The van der Waals surface area contributed by atoms with Crippen molar-refractivity contribution in [3.05, 3.63) is 52.2 Å². The van der Waals surface area contributed by atoms with Crippen molar-refractivity contribution in [3.8, 4) is 11.3 Å². The summed E-state index contributed by atoms with van der Waals surface area (Å²) in [6.07, 6.45) is 2.00. The van der Waals surface area contributed by atoms with Crippen molar-refractivity contribution in [1.29, 1.82) is 0 Å². The summed E-state index contributed by atoms with van der Waals surface area (Å²) in [6, 6.07) is 10.4. The number of hydrogen-bond acceptors (Lipinski definition) is 4. The quantitative estimate of drug-likeness (QED) is 0.767. The topological polar surface area (TPSA) is 59.8 Å². The Morgan fingerprint density at radius 1 is 1.28 bits per heavy atom. The number of fused-ring (bicyclic) bond motifs is 3. The molecule has 128 valence electrons. The van der Waals surface area contributed by atoms with Crippen molar-refractivity contribution in [1.82, 2.24) is 14.8 Å². The lowest BCUT2D eigenvalue weighted by Crippen LogP contribution is -2.13. The highest BCUT2D eigenvalue weighted by Gasteiger charge is 2.22. The molecule has 0 fully saturated rings. The highest BCUT2D eigenvalue weighted by molar-refractivity contribution is 7.16. The van der Waals surface area contributed by atoms with Gasteiger partial charge in [0.2, 0.25) is 0 Å². The van der Waals surface area contributed by atoms with E-state index in [0.29, 0.717) is 10.8 Å². The Labute approximate surface area is 150 Å². The molecule has 0 spiro atoms. The van der Waals surface area contributed by atoms with Crippen LogP contribution in [-0.2, 0) is 12.8 Å². The van der Waals surface area contributed by atoms with Crippen LogP contribution in [-0.4, -0.2) is 20.7 Å². The second-order valence-electron chi connectivity index (χ2n) is 6.61. The summed E-state index contributed by atoms with van der Waals surface area (Å²) in [5.41, 5.74) is 4.92. The highest BCUT2D eigenvalue weighted by Crippen LogP contribution is 2.38. The zero-order valence-electron chi connectivity index (χ0n) is 14.5. The van der Waals surface area contributed by atoms with E-state index in [1.54, 1.807) is 11.3 Å². The Bertz CT molecular complexity index is 954. The summed E-state index contributed by atoms with van der Waals surface area (Å²) in [4.78, 5) is 18.4. The van der Waals surface area contributed by atoms with Crippen LogP contribution in [0, 0.1) is 6.92 Å².